The summed E-state index contributed by atoms with van der Waals surface area (Å²) in [4.78, 5) is 16.3. The van der Waals surface area contributed by atoms with E-state index in [1.807, 2.05) is 12.1 Å². The highest BCUT2D eigenvalue weighted by molar-refractivity contribution is 5.77. The number of pyridine rings is 1. The number of amides is 1. The summed E-state index contributed by atoms with van der Waals surface area (Å²) < 4.78 is 12.8. The number of carbonyl (C=O) groups is 1. The summed E-state index contributed by atoms with van der Waals surface area (Å²) in [7, 11) is 1.61. The van der Waals surface area contributed by atoms with E-state index in [0.717, 1.165) is 35.5 Å². The van der Waals surface area contributed by atoms with Crippen molar-refractivity contribution in [3.63, 3.8) is 0 Å². The van der Waals surface area contributed by atoms with E-state index in [2.05, 4.69) is 21.0 Å². The van der Waals surface area contributed by atoms with Crippen molar-refractivity contribution in [2.75, 3.05) is 13.7 Å². The maximum absolute atomic E-state index is 12.2. The smallest absolute Gasteiger partial charge is 0.258 e. The lowest BCUT2D eigenvalue weighted by atomic mass is 10.1. The number of carbonyl (C=O) groups excluding carboxylic acids is 1. The zero-order valence-electron chi connectivity index (χ0n) is 17.1. The predicted octanol–water partition coefficient (Wildman–Crippen LogP) is 3.76. The van der Waals surface area contributed by atoms with Crippen LogP contribution in [-0.4, -0.2) is 34.4 Å². The molecule has 3 aromatic rings. The van der Waals surface area contributed by atoms with E-state index >= 15 is 0 Å². The fourth-order valence-corrected chi connectivity index (χ4v) is 3.76. The highest BCUT2D eigenvalue weighted by Gasteiger charge is 2.22. The van der Waals surface area contributed by atoms with Crippen molar-refractivity contribution < 1.29 is 14.3 Å². The molecule has 0 unspecified atom stereocenters. The van der Waals surface area contributed by atoms with Crippen LogP contribution in [0, 0.1) is 0 Å². The number of hydrogen-bond acceptors (Lipinski definition) is 5. The van der Waals surface area contributed by atoms with Gasteiger partial charge >= 0.3 is 0 Å². The van der Waals surface area contributed by atoms with Crippen LogP contribution in [0.5, 0.6) is 11.5 Å². The van der Waals surface area contributed by atoms with Crippen LogP contribution in [0.2, 0.25) is 0 Å². The van der Waals surface area contributed by atoms with Gasteiger partial charge in [0.15, 0.2) is 6.61 Å². The first-order valence-electron chi connectivity index (χ1n) is 10.3. The monoisotopic (exact) mass is 406 g/mol. The number of benzene rings is 1. The number of rotatable bonds is 8. The van der Waals surface area contributed by atoms with E-state index in [-0.39, 0.29) is 12.5 Å². The van der Waals surface area contributed by atoms with Crippen LogP contribution in [0.4, 0.5) is 0 Å². The second-order valence-corrected chi connectivity index (χ2v) is 7.38. The Kier molecular flexibility index (Phi) is 6.27. The molecular formula is C23H26N4O3. The quantitative estimate of drug-likeness (QED) is 0.616. The van der Waals surface area contributed by atoms with Crippen LogP contribution < -0.4 is 14.8 Å². The van der Waals surface area contributed by atoms with E-state index in [9.17, 15) is 4.79 Å². The molecule has 7 nitrogen and oxygen atoms in total. The summed E-state index contributed by atoms with van der Waals surface area (Å²) in [5.74, 6) is 1.18. The first-order valence-corrected chi connectivity index (χ1v) is 10.3. The van der Waals surface area contributed by atoms with Gasteiger partial charge in [-0.15, -0.1) is 0 Å². The maximum atomic E-state index is 12.2. The molecule has 1 N–H and O–H groups in total. The summed E-state index contributed by atoms with van der Waals surface area (Å²) in [6.07, 6.45) is 8.32. The van der Waals surface area contributed by atoms with Crippen LogP contribution in [0.15, 0.2) is 54.9 Å². The molecule has 0 spiro atoms. The van der Waals surface area contributed by atoms with Gasteiger partial charge < -0.3 is 14.8 Å². The molecule has 2 aromatic heterocycles. The van der Waals surface area contributed by atoms with Gasteiger partial charge in [-0.2, -0.15) is 5.10 Å². The highest BCUT2D eigenvalue weighted by atomic mass is 16.5. The Labute approximate surface area is 176 Å². The van der Waals surface area contributed by atoms with Crippen molar-refractivity contribution in [2.24, 2.45) is 0 Å². The molecule has 4 rings (SSSR count). The molecule has 0 saturated heterocycles. The number of nitrogens with zero attached hydrogens (tertiary/aromatic N) is 3. The van der Waals surface area contributed by atoms with Crippen LogP contribution in [0.1, 0.15) is 37.4 Å². The van der Waals surface area contributed by atoms with Crippen LogP contribution in [-0.2, 0) is 11.3 Å². The zero-order valence-corrected chi connectivity index (χ0v) is 17.1. The van der Waals surface area contributed by atoms with Crippen LogP contribution in [0.3, 0.4) is 0 Å². The van der Waals surface area contributed by atoms with Crippen molar-refractivity contribution >= 4 is 5.91 Å². The third-order valence-electron chi connectivity index (χ3n) is 5.33. The molecule has 7 heteroatoms. The van der Waals surface area contributed by atoms with Gasteiger partial charge in [0.1, 0.15) is 11.5 Å². The molecule has 30 heavy (non-hydrogen) atoms. The molecule has 0 atom stereocenters. The van der Waals surface area contributed by atoms with Gasteiger partial charge in [0.2, 0.25) is 0 Å². The molecule has 1 aliphatic carbocycles. The number of methoxy groups -OCH3 is 1. The van der Waals surface area contributed by atoms with Gasteiger partial charge in [-0.05, 0) is 55.3 Å². The molecule has 0 bridgehead atoms. The van der Waals surface area contributed by atoms with Gasteiger partial charge in [-0.3, -0.25) is 14.5 Å². The number of ether oxygens (including phenoxy) is 2. The second-order valence-electron chi connectivity index (χ2n) is 7.38. The lowest BCUT2D eigenvalue weighted by Gasteiger charge is -2.14. The van der Waals surface area contributed by atoms with Gasteiger partial charge in [0.25, 0.3) is 5.91 Å². The molecule has 156 valence electrons. The molecular weight excluding hydrogens is 380 g/mol. The molecule has 1 aromatic carbocycles. The molecule has 1 amide bonds. The Balaban J connectivity index is 1.38. The van der Waals surface area contributed by atoms with Crippen LogP contribution >= 0.6 is 0 Å². The second kappa shape index (κ2) is 9.43. The van der Waals surface area contributed by atoms with Gasteiger partial charge in [0.05, 0.1) is 31.1 Å². The first kappa shape index (κ1) is 19.9. The van der Waals surface area contributed by atoms with Crippen molar-refractivity contribution in [1.82, 2.24) is 20.1 Å². The van der Waals surface area contributed by atoms with Gasteiger partial charge in [0, 0.05) is 18.0 Å². The highest BCUT2D eigenvalue weighted by Crippen LogP contribution is 2.33. The first-order chi connectivity index (χ1) is 14.7. The molecule has 2 heterocycles. The van der Waals surface area contributed by atoms with E-state index < -0.39 is 0 Å². The third kappa shape index (κ3) is 4.79. The molecule has 1 aliphatic rings. The number of aromatic nitrogens is 3. The van der Waals surface area contributed by atoms with Crippen LogP contribution in [0.25, 0.3) is 11.3 Å². The standard InChI is InChI=1S/C23H26N4O3/c1-29-20-6-8-21(9-7-20)30-16-23(28)25-15-18-14-22(17-10-12-24-13-11-17)27(26-18)19-4-2-3-5-19/h6-14,19H,2-5,15-16H2,1H3,(H,25,28). The summed E-state index contributed by atoms with van der Waals surface area (Å²) in [6, 6.07) is 13.6. The minimum atomic E-state index is -0.188. The largest absolute Gasteiger partial charge is 0.497 e. The summed E-state index contributed by atoms with van der Waals surface area (Å²) in [6.45, 7) is 0.315. The van der Waals surface area contributed by atoms with Crippen molar-refractivity contribution in [1.29, 1.82) is 0 Å². The zero-order chi connectivity index (χ0) is 20.8. The van der Waals surface area contributed by atoms with E-state index in [1.54, 1.807) is 43.8 Å². The SMILES string of the molecule is COc1ccc(OCC(=O)NCc2cc(-c3ccncc3)n(C3CCCC3)n2)cc1. The lowest BCUT2D eigenvalue weighted by molar-refractivity contribution is -0.123. The predicted molar refractivity (Wildman–Crippen MR) is 113 cm³/mol. The summed E-state index contributed by atoms with van der Waals surface area (Å²) in [5.41, 5.74) is 3.00. The Bertz CT molecular complexity index is 964. The average Bonchev–Trinajstić information content (AvgIpc) is 3.47. The number of hydrogen-bond donors (Lipinski definition) is 1. The molecule has 1 fully saturated rings. The Morgan fingerprint density at radius 1 is 1.10 bits per heavy atom. The van der Waals surface area contributed by atoms with E-state index in [4.69, 9.17) is 14.6 Å². The number of nitrogens with one attached hydrogen (secondary N) is 1. The van der Waals surface area contributed by atoms with Crippen molar-refractivity contribution in [3.05, 3.63) is 60.6 Å². The van der Waals surface area contributed by atoms with E-state index in [0.29, 0.717) is 18.3 Å². The normalized spacial score (nSPS) is 13.9. The Morgan fingerprint density at radius 3 is 2.50 bits per heavy atom. The summed E-state index contributed by atoms with van der Waals surface area (Å²) >= 11 is 0. The fourth-order valence-electron chi connectivity index (χ4n) is 3.76. The lowest BCUT2D eigenvalue weighted by Crippen LogP contribution is -2.28. The maximum Gasteiger partial charge on any atom is 0.258 e. The topological polar surface area (TPSA) is 78.3 Å². The Morgan fingerprint density at radius 2 is 1.80 bits per heavy atom. The fraction of sp³-hybridized carbons (Fsp3) is 0.348. The minimum Gasteiger partial charge on any atom is -0.497 e. The minimum absolute atomic E-state index is 0.0487. The average molecular weight is 406 g/mol. The van der Waals surface area contributed by atoms with Crippen molar-refractivity contribution in [2.45, 2.75) is 38.3 Å². The van der Waals surface area contributed by atoms with Gasteiger partial charge in [-0.25, -0.2) is 0 Å². The molecule has 0 radical (unpaired) electrons. The summed E-state index contributed by atoms with van der Waals surface area (Å²) in [5, 5.41) is 7.70. The molecule has 0 aliphatic heterocycles. The Hall–Kier alpha value is -3.35. The van der Waals surface area contributed by atoms with Crippen molar-refractivity contribution in [3.8, 4) is 22.8 Å². The van der Waals surface area contributed by atoms with Gasteiger partial charge in [-0.1, -0.05) is 12.8 Å². The molecule has 1 saturated carbocycles. The van der Waals surface area contributed by atoms with E-state index in [1.165, 1.54) is 12.8 Å². The third-order valence-corrected chi connectivity index (χ3v) is 5.33.